The van der Waals surface area contributed by atoms with Crippen molar-refractivity contribution < 1.29 is 9.53 Å². The van der Waals surface area contributed by atoms with Crippen molar-refractivity contribution >= 4 is 17.5 Å². The molecule has 0 bridgehead atoms. The molecule has 1 aromatic heterocycles. The van der Waals surface area contributed by atoms with E-state index in [1.54, 1.807) is 0 Å². The van der Waals surface area contributed by atoms with Crippen molar-refractivity contribution in [3.8, 4) is 5.75 Å². The van der Waals surface area contributed by atoms with Crippen LogP contribution in [0.25, 0.3) is 0 Å². The van der Waals surface area contributed by atoms with Gasteiger partial charge in [-0.2, -0.15) is 5.10 Å². The molecule has 23 heavy (non-hydrogen) atoms. The molecular formula is C18H21ClN2O2. The summed E-state index contributed by atoms with van der Waals surface area (Å²) in [5.41, 5.74) is 4.56. The Morgan fingerprint density at radius 2 is 1.91 bits per heavy atom. The number of allylic oxidation sites excluding steroid dienone is 1. The van der Waals surface area contributed by atoms with Crippen LogP contribution in [0.15, 0.2) is 24.8 Å². The summed E-state index contributed by atoms with van der Waals surface area (Å²) >= 11 is 6.13. The van der Waals surface area contributed by atoms with Gasteiger partial charge < -0.3 is 4.74 Å². The van der Waals surface area contributed by atoms with E-state index in [-0.39, 0.29) is 12.5 Å². The van der Waals surface area contributed by atoms with Crippen LogP contribution in [0.5, 0.6) is 5.75 Å². The predicted molar refractivity (Wildman–Crippen MR) is 92.6 cm³/mol. The van der Waals surface area contributed by atoms with Gasteiger partial charge in [-0.3, -0.25) is 4.79 Å². The van der Waals surface area contributed by atoms with E-state index in [0.717, 1.165) is 33.1 Å². The van der Waals surface area contributed by atoms with Gasteiger partial charge in [-0.1, -0.05) is 17.7 Å². The van der Waals surface area contributed by atoms with E-state index in [4.69, 9.17) is 16.3 Å². The standard InChI is InChI=1S/C18H21ClN2O2/c1-6-7-16-13(4)20-21(14(16)5)17(22)10-23-15-8-11(2)18(19)12(3)9-15/h6,8-9H,1,7,10H2,2-5H3. The fourth-order valence-corrected chi connectivity index (χ4v) is 2.66. The first kappa shape index (κ1) is 17.3. The van der Waals surface area contributed by atoms with Crippen molar-refractivity contribution in [2.45, 2.75) is 34.1 Å². The minimum absolute atomic E-state index is 0.0734. The van der Waals surface area contributed by atoms with Gasteiger partial charge in [-0.15, -0.1) is 6.58 Å². The second kappa shape index (κ2) is 7.01. The summed E-state index contributed by atoms with van der Waals surface area (Å²) < 4.78 is 7.02. The molecule has 0 amide bonds. The van der Waals surface area contributed by atoms with Crippen LogP contribution >= 0.6 is 11.6 Å². The zero-order valence-electron chi connectivity index (χ0n) is 13.9. The van der Waals surface area contributed by atoms with Gasteiger partial charge in [0.1, 0.15) is 5.75 Å². The summed E-state index contributed by atoms with van der Waals surface area (Å²) in [6.07, 6.45) is 2.50. The highest BCUT2D eigenvalue weighted by atomic mass is 35.5. The number of aryl methyl sites for hydroxylation is 3. The Hall–Kier alpha value is -2.07. The molecule has 0 radical (unpaired) electrons. The normalized spacial score (nSPS) is 10.7. The van der Waals surface area contributed by atoms with Gasteiger partial charge in [0.2, 0.25) is 0 Å². The third-order valence-electron chi connectivity index (χ3n) is 3.80. The van der Waals surface area contributed by atoms with Gasteiger partial charge in [0, 0.05) is 16.3 Å². The Kier molecular flexibility index (Phi) is 5.26. The van der Waals surface area contributed by atoms with Crippen LogP contribution in [0.3, 0.4) is 0 Å². The minimum atomic E-state index is -0.203. The second-order valence-corrected chi connectivity index (χ2v) is 5.99. The van der Waals surface area contributed by atoms with Gasteiger partial charge in [0.15, 0.2) is 6.61 Å². The fraction of sp³-hybridized carbons (Fsp3) is 0.333. The summed E-state index contributed by atoms with van der Waals surface area (Å²) in [5.74, 6) is 0.428. The average molecular weight is 333 g/mol. The minimum Gasteiger partial charge on any atom is -0.484 e. The molecule has 0 saturated carbocycles. The van der Waals surface area contributed by atoms with Crippen LogP contribution in [0.1, 0.15) is 32.9 Å². The zero-order valence-corrected chi connectivity index (χ0v) is 14.7. The highest BCUT2D eigenvalue weighted by molar-refractivity contribution is 6.32. The maximum atomic E-state index is 12.4. The van der Waals surface area contributed by atoms with Crippen molar-refractivity contribution in [2.24, 2.45) is 0 Å². The number of ether oxygens (including phenoxy) is 1. The number of aromatic nitrogens is 2. The van der Waals surface area contributed by atoms with E-state index >= 15 is 0 Å². The maximum absolute atomic E-state index is 12.4. The van der Waals surface area contributed by atoms with Crippen LogP contribution in [0, 0.1) is 27.7 Å². The van der Waals surface area contributed by atoms with E-state index < -0.39 is 0 Å². The van der Waals surface area contributed by atoms with Crippen LogP contribution < -0.4 is 4.74 Å². The Morgan fingerprint density at radius 1 is 1.30 bits per heavy atom. The lowest BCUT2D eigenvalue weighted by Gasteiger charge is -2.10. The molecule has 122 valence electrons. The lowest BCUT2D eigenvalue weighted by Crippen LogP contribution is -2.21. The van der Waals surface area contributed by atoms with E-state index in [1.807, 2.05) is 45.9 Å². The van der Waals surface area contributed by atoms with E-state index in [2.05, 4.69) is 11.7 Å². The molecule has 2 rings (SSSR count). The topological polar surface area (TPSA) is 44.1 Å². The Bertz CT molecular complexity index is 740. The van der Waals surface area contributed by atoms with Crippen molar-refractivity contribution in [1.29, 1.82) is 0 Å². The van der Waals surface area contributed by atoms with Crippen LogP contribution in [-0.2, 0) is 6.42 Å². The molecule has 5 heteroatoms. The lowest BCUT2D eigenvalue weighted by molar-refractivity contribution is 0.0818. The van der Waals surface area contributed by atoms with Gasteiger partial charge in [0.25, 0.3) is 5.91 Å². The first-order valence-corrected chi connectivity index (χ1v) is 7.81. The van der Waals surface area contributed by atoms with E-state index in [1.165, 1.54) is 4.68 Å². The third kappa shape index (κ3) is 3.64. The largest absolute Gasteiger partial charge is 0.484 e. The van der Waals surface area contributed by atoms with Crippen molar-refractivity contribution in [3.05, 3.63) is 57.9 Å². The van der Waals surface area contributed by atoms with Crippen molar-refractivity contribution in [3.63, 3.8) is 0 Å². The zero-order chi connectivity index (χ0) is 17.1. The number of halogens is 1. The summed E-state index contributed by atoms with van der Waals surface area (Å²) in [7, 11) is 0. The molecule has 0 atom stereocenters. The monoisotopic (exact) mass is 332 g/mol. The number of carbonyl (C=O) groups is 1. The molecule has 0 fully saturated rings. The smallest absolute Gasteiger partial charge is 0.284 e. The lowest BCUT2D eigenvalue weighted by atomic mass is 10.1. The molecule has 1 aromatic carbocycles. The molecule has 0 spiro atoms. The molecule has 1 heterocycles. The number of nitrogens with zero attached hydrogens (tertiary/aromatic N) is 2. The molecule has 2 aromatic rings. The molecule has 4 nitrogen and oxygen atoms in total. The Labute approximate surface area is 141 Å². The Morgan fingerprint density at radius 3 is 2.48 bits per heavy atom. The van der Waals surface area contributed by atoms with Gasteiger partial charge in [0.05, 0.1) is 5.69 Å². The first-order chi connectivity index (χ1) is 10.8. The van der Waals surface area contributed by atoms with Crippen molar-refractivity contribution in [1.82, 2.24) is 9.78 Å². The number of rotatable bonds is 5. The van der Waals surface area contributed by atoms with Gasteiger partial charge >= 0.3 is 0 Å². The molecule has 0 aliphatic rings. The first-order valence-electron chi connectivity index (χ1n) is 7.44. The quantitative estimate of drug-likeness (QED) is 0.770. The van der Waals surface area contributed by atoms with Crippen LogP contribution in [0.2, 0.25) is 5.02 Å². The van der Waals surface area contributed by atoms with Gasteiger partial charge in [-0.05, 0) is 57.4 Å². The average Bonchev–Trinajstić information content (AvgIpc) is 2.78. The fourth-order valence-electron chi connectivity index (χ4n) is 2.55. The number of hydrogen-bond donors (Lipinski definition) is 0. The van der Waals surface area contributed by atoms with Crippen LogP contribution in [-0.4, -0.2) is 22.3 Å². The summed E-state index contributed by atoms with van der Waals surface area (Å²) in [5, 5.41) is 5.03. The van der Waals surface area contributed by atoms with E-state index in [9.17, 15) is 4.79 Å². The maximum Gasteiger partial charge on any atom is 0.284 e. The SMILES string of the molecule is C=CCc1c(C)nn(C(=O)COc2cc(C)c(Cl)c(C)c2)c1C. The molecule has 0 aliphatic carbocycles. The molecule has 0 aliphatic heterocycles. The number of carbonyl (C=O) groups excluding carboxylic acids is 1. The van der Waals surface area contributed by atoms with E-state index in [0.29, 0.717) is 12.2 Å². The highest BCUT2D eigenvalue weighted by Crippen LogP contribution is 2.25. The number of benzene rings is 1. The Balaban J connectivity index is 2.14. The molecular weight excluding hydrogens is 312 g/mol. The summed E-state index contributed by atoms with van der Waals surface area (Å²) in [4.78, 5) is 12.4. The molecule has 0 N–H and O–H groups in total. The molecule has 0 saturated heterocycles. The summed E-state index contributed by atoms with van der Waals surface area (Å²) in [6.45, 7) is 11.3. The highest BCUT2D eigenvalue weighted by Gasteiger charge is 2.16. The number of hydrogen-bond acceptors (Lipinski definition) is 3. The molecule has 0 unspecified atom stereocenters. The third-order valence-corrected chi connectivity index (χ3v) is 4.39. The van der Waals surface area contributed by atoms with Gasteiger partial charge in [-0.25, -0.2) is 4.68 Å². The second-order valence-electron chi connectivity index (χ2n) is 5.61. The summed E-state index contributed by atoms with van der Waals surface area (Å²) in [6, 6.07) is 3.65. The predicted octanol–water partition coefficient (Wildman–Crippen LogP) is 4.22. The van der Waals surface area contributed by atoms with Crippen molar-refractivity contribution in [2.75, 3.05) is 6.61 Å². The van der Waals surface area contributed by atoms with Crippen LogP contribution in [0.4, 0.5) is 0 Å².